The number of nitrogens with zero attached hydrogens (tertiary/aromatic N) is 1. The summed E-state index contributed by atoms with van der Waals surface area (Å²) < 4.78 is 5.80. The number of hydrogen-bond acceptors (Lipinski definition) is 3. The van der Waals surface area contributed by atoms with Crippen LogP contribution in [0.1, 0.15) is 30.4 Å². The molecule has 1 saturated heterocycles. The van der Waals surface area contributed by atoms with Crippen LogP contribution >= 0.6 is 24.0 Å². The van der Waals surface area contributed by atoms with Gasteiger partial charge in [0.15, 0.2) is 0 Å². The van der Waals surface area contributed by atoms with Crippen molar-refractivity contribution in [3.8, 4) is 5.75 Å². The fourth-order valence-electron chi connectivity index (χ4n) is 3.47. The zero-order valence-corrected chi connectivity index (χ0v) is 13.9. The number of rotatable bonds is 4. The number of nitrogens with two attached hydrogens (primary N) is 1. The van der Waals surface area contributed by atoms with Crippen LogP contribution in [-0.4, -0.2) is 31.1 Å². The molecule has 2 aliphatic heterocycles. The van der Waals surface area contributed by atoms with Crippen molar-refractivity contribution in [2.45, 2.75) is 32.2 Å². The molecule has 118 valence electrons. The van der Waals surface area contributed by atoms with Crippen molar-refractivity contribution in [2.75, 3.05) is 26.2 Å². The molecule has 0 radical (unpaired) electrons. The highest BCUT2D eigenvalue weighted by molar-refractivity contribution is 6.30. The molecule has 0 spiro atoms. The van der Waals surface area contributed by atoms with Gasteiger partial charge in [-0.25, -0.2) is 0 Å². The monoisotopic (exact) mass is 330 g/mol. The lowest BCUT2D eigenvalue weighted by Crippen LogP contribution is -2.35. The Hall–Kier alpha value is -0.480. The van der Waals surface area contributed by atoms with Gasteiger partial charge in [0, 0.05) is 30.1 Å². The van der Waals surface area contributed by atoms with Crippen LogP contribution in [0.25, 0.3) is 0 Å². The lowest BCUT2D eigenvalue weighted by molar-refractivity contribution is 0.161. The first kappa shape index (κ1) is 16.9. The van der Waals surface area contributed by atoms with E-state index < -0.39 is 0 Å². The summed E-state index contributed by atoms with van der Waals surface area (Å²) in [5.74, 6) is 1.83. The number of benzene rings is 1. The Kier molecular flexibility index (Phi) is 6.18. The average Bonchev–Trinajstić information content (AvgIpc) is 2.87. The summed E-state index contributed by atoms with van der Waals surface area (Å²) >= 11 is 6.23. The molecule has 1 aromatic rings. The van der Waals surface area contributed by atoms with Gasteiger partial charge >= 0.3 is 0 Å². The molecule has 2 N–H and O–H groups in total. The SMILES string of the molecule is Cl.NCCC1CCCN(Cc2cc(Cl)cc3c2OCC3)C1. The summed E-state index contributed by atoms with van der Waals surface area (Å²) in [5.41, 5.74) is 8.21. The van der Waals surface area contributed by atoms with E-state index in [9.17, 15) is 0 Å². The molecule has 0 bridgehead atoms. The van der Waals surface area contributed by atoms with Crippen LogP contribution in [0.5, 0.6) is 5.75 Å². The van der Waals surface area contributed by atoms with Gasteiger partial charge in [0.1, 0.15) is 5.75 Å². The third-order valence-electron chi connectivity index (χ3n) is 4.40. The largest absolute Gasteiger partial charge is 0.493 e. The molecular formula is C16H24Cl2N2O. The normalized spacial score (nSPS) is 21.5. The van der Waals surface area contributed by atoms with E-state index in [1.54, 1.807) is 0 Å². The first-order valence-electron chi connectivity index (χ1n) is 7.63. The van der Waals surface area contributed by atoms with E-state index in [4.69, 9.17) is 22.1 Å². The van der Waals surface area contributed by atoms with Gasteiger partial charge in [-0.3, -0.25) is 4.90 Å². The summed E-state index contributed by atoms with van der Waals surface area (Å²) in [6.45, 7) is 4.86. The maximum Gasteiger partial charge on any atom is 0.127 e. The summed E-state index contributed by atoms with van der Waals surface area (Å²) in [7, 11) is 0. The van der Waals surface area contributed by atoms with Gasteiger partial charge in [0.2, 0.25) is 0 Å². The molecule has 1 unspecified atom stereocenters. The van der Waals surface area contributed by atoms with Gasteiger partial charge in [-0.2, -0.15) is 0 Å². The number of ether oxygens (including phenoxy) is 1. The second-order valence-corrected chi connectivity index (χ2v) is 6.41. The van der Waals surface area contributed by atoms with Crippen molar-refractivity contribution in [3.05, 3.63) is 28.3 Å². The van der Waals surface area contributed by atoms with Gasteiger partial charge in [-0.15, -0.1) is 12.4 Å². The van der Waals surface area contributed by atoms with Crippen molar-refractivity contribution in [1.82, 2.24) is 4.90 Å². The predicted octanol–water partition coefficient (Wildman–Crippen LogP) is 3.26. The van der Waals surface area contributed by atoms with Crippen LogP contribution in [0.3, 0.4) is 0 Å². The van der Waals surface area contributed by atoms with E-state index in [0.717, 1.165) is 55.8 Å². The Labute approximate surface area is 138 Å². The van der Waals surface area contributed by atoms with Gasteiger partial charge in [0.25, 0.3) is 0 Å². The first-order chi connectivity index (χ1) is 9.76. The Morgan fingerprint density at radius 2 is 2.24 bits per heavy atom. The second-order valence-electron chi connectivity index (χ2n) is 5.97. The molecular weight excluding hydrogens is 307 g/mol. The van der Waals surface area contributed by atoms with Crippen molar-refractivity contribution >= 4 is 24.0 Å². The highest BCUT2D eigenvalue weighted by Gasteiger charge is 2.23. The molecule has 21 heavy (non-hydrogen) atoms. The maximum atomic E-state index is 6.23. The molecule has 2 heterocycles. The van der Waals surface area contributed by atoms with Crippen LogP contribution in [0.2, 0.25) is 5.02 Å². The van der Waals surface area contributed by atoms with Crippen molar-refractivity contribution < 1.29 is 4.74 Å². The minimum absolute atomic E-state index is 0. The Balaban J connectivity index is 0.00000161. The topological polar surface area (TPSA) is 38.5 Å². The third kappa shape index (κ3) is 4.04. The molecule has 2 aliphatic rings. The van der Waals surface area contributed by atoms with E-state index in [1.807, 2.05) is 6.07 Å². The molecule has 1 fully saturated rings. The molecule has 3 nitrogen and oxygen atoms in total. The van der Waals surface area contributed by atoms with Gasteiger partial charge in [0.05, 0.1) is 6.61 Å². The molecule has 3 rings (SSSR count). The lowest BCUT2D eigenvalue weighted by Gasteiger charge is -2.33. The predicted molar refractivity (Wildman–Crippen MR) is 89.6 cm³/mol. The Morgan fingerprint density at radius 1 is 1.38 bits per heavy atom. The number of likely N-dealkylation sites (tertiary alicyclic amines) is 1. The van der Waals surface area contributed by atoms with Crippen LogP contribution < -0.4 is 10.5 Å². The Morgan fingerprint density at radius 3 is 3.05 bits per heavy atom. The highest BCUT2D eigenvalue weighted by atomic mass is 35.5. The standard InChI is InChI=1S/C16H23ClN2O.ClH/c17-15-8-13-4-7-20-16(13)14(9-15)11-19-6-1-2-12(10-19)3-5-18;/h8-9,12H,1-7,10-11,18H2;1H. The first-order valence-corrected chi connectivity index (χ1v) is 8.00. The molecule has 5 heteroatoms. The zero-order chi connectivity index (χ0) is 13.9. The van der Waals surface area contributed by atoms with E-state index >= 15 is 0 Å². The maximum absolute atomic E-state index is 6.23. The van der Waals surface area contributed by atoms with Crippen LogP contribution in [0, 0.1) is 5.92 Å². The molecule has 1 atom stereocenters. The lowest BCUT2D eigenvalue weighted by atomic mass is 9.94. The molecule has 0 saturated carbocycles. The van der Waals surface area contributed by atoms with Crippen molar-refractivity contribution in [2.24, 2.45) is 11.7 Å². The quantitative estimate of drug-likeness (QED) is 0.920. The summed E-state index contributed by atoms with van der Waals surface area (Å²) in [6, 6.07) is 4.11. The molecule has 0 aromatic heterocycles. The smallest absolute Gasteiger partial charge is 0.127 e. The second kappa shape index (κ2) is 7.68. The number of piperidine rings is 1. The van der Waals surface area contributed by atoms with Gasteiger partial charge < -0.3 is 10.5 Å². The van der Waals surface area contributed by atoms with Crippen LogP contribution in [0.15, 0.2) is 12.1 Å². The number of fused-ring (bicyclic) bond motifs is 1. The number of hydrogen-bond donors (Lipinski definition) is 1. The van der Waals surface area contributed by atoms with E-state index in [0.29, 0.717) is 0 Å². The Bertz CT molecular complexity index is 480. The minimum Gasteiger partial charge on any atom is -0.493 e. The average molecular weight is 331 g/mol. The fourth-order valence-corrected chi connectivity index (χ4v) is 3.73. The molecule has 1 aromatic carbocycles. The van der Waals surface area contributed by atoms with Crippen LogP contribution in [-0.2, 0) is 13.0 Å². The van der Waals surface area contributed by atoms with Crippen molar-refractivity contribution in [3.63, 3.8) is 0 Å². The van der Waals surface area contributed by atoms with E-state index in [-0.39, 0.29) is 12.4 Å². The minimum atomic E-state index is 0. The highest BCUT2D eigenvalue weighted by Crippen LogP contribution is 2.34. The van der Waals surface area contributed by atoms with Crippen molar-refractivity contribution in [1.29, 1.82) is 0 Å². The number of halogens is 2. The molecule has 0 aliphatic carbocycles. The summed E-state index contributed by atoms with van der Waals surface area (Å²) in [6.07, 6.45) is 4.71. The van der Waals surface area contributed by atoms with Crippen LogP contribution in [0.4, 0.5) is 0 Å². The summed E-state index contributed by atoms with van der Waals surface area (Å²) in [5, 5.41) is 0.833. The van der Waals surface area contributed by atoms with Gasteiger partial charge in [-0.1, -0.05) is 11.6 Å². The van der Waals surface area contributed by atoms with E-state index in [2.05, 4.69) is 11.0 Å². The zero-order valence-electron chi connectivity index (χ0n) is 12.3. The fraction of sp³-hybridized carbons (Fsp3) is 0.625. The molecule has 0 amide bonds. The van der Waals surface area contributed by atoms with E-state index in [1.165, 1.54) is 30.5 Å². The third-order valence-corrected chi connectivity index (χ3v) is 4.62. The summed E-state index contributed by atoms with van der Waals surface area (Å²) in [4.78, 5) is 2.53. The van der Waals surface area contributed by atoms with Gasteiger partial charge in [-0.05, 0) is 56.0 Å².